The predicted octanol–water partition coefficient (Wildman–Crippen LogP) is 5.95. The Balaban J connectivity index is 1.29. The second-order valence-corrected chi connectivity index (χ2v) is 10.1. The normalized spacial score (nSPS) is 13.6. The number of carbonyl (C=O) groups is 3. The molecule has 3 amide bonds. The molecule has 1 fully saturated rings. The summed E-state index contributed by atoms with van der Waals surface area (Å²) in [5, 5.41) is 5.94. The van der Waals surface area contributed by atoms with E-state index in [0.717, 1.165) is 24.0 Å². The molecule has 3 aromatic carbocycles. The van der Waals surface area contributed by atoms with E-state index in [-0.39, 0.29) is 24.3 Å². The van der Waals surface area contributed by atoms with E-state index in [1.165, 1.54) is 12.5 Å². The van der Waals surface area contributed by atoms with Crippen molar-refractivity contribution in [2.45, 2.75) is 39.5 Å². The molecule has 0 aromatic heterocycles. The van der Waals surface area contributed by atoms with Gasteiger partial charge >= 0.3 is 0 Å². The van der Waals surface area contributed by atoms with Crippen molar-refractivity contribution >= 4 is 40.7 Å². The molecule has 1 heterocycles. The maximum Gasteiger partial charge on any atom is 0.262 e. The average Bonchev–Trinajstić information content (AvgIpc) is 2.90. The van der Waals surface area contributed by atoms with Crippen molar-refractivity contribution < 1.29 is 19.1 Å². The van der Waals surface area contributed by atoms with Crippen LogP contribution in [0.5, 0.6) is 5.75 Å². The van der Waals surface area contributed by atoms with Crippen molar-refractivity contribution in [1.82, 2.24) is 4.90 Å². The van der Waals surface area contributed by atoms with Crippen LogP contribution in [0.2, 0.25) is 5.02 Å². The standard InChI is InChI=1S/C30H32ClN3O4/c1-19-4-5-20(2)28(16-19)38-18-29(36)33-24-8-6-22(7-9-24)23-12-14-34(15-13-23)30(37)26-17-25(32-21(3)35)10-11-27(26)31/h4-11,16-17,23H,12-15,18H2,1-3H3,(H,32,35)(H,33,36). The van der Waals surface area contributed by atoms with Crippen LogP contribution in [0, 0.1) is 13.8 Å². The van der Waals surface area contributed by atoms with E-state index in [1.807, 2.05) is 56.3 Å². The molecule has 4 rings (SSSR count). The Morgan fingerprint density at radius 1 is 0.921 bits per heavy atom. The summed E-state index contributed by atoms with van der Waals surface area (Å²) in [5.41, 5.74) is 4.89. The van der Waals surface area contributed by atoms with Gasteiger partial charge in [0.15, 0.2) is 6.61 Å². The van der Waals surface area contributed by atoms with Crippen LogP contribution in [0.15, 0.2) is 60.7 Å². The van der Waals surface area contributed by atoms with Crippen molar-refractivity contribution in [3.8, 4) is 5.75 Å². The summed E-state index contributed by atoms with van der Waals surface area (Å²) in [6, 6.07) is 18.7. The predicted molar refractivity (Wildman–Crippen MR) is 150 cm³/mol. The fraction of sp³-hybridized carbons (Fsp3) is 0.300. The van der Waals surface area contributed by atoms with E-state index >= 15 is 0 Å². The highest BCUT2D eigenvalue weighted by atomic mass is 35.5. The van der Waals surface area contributed by atoms with Crippen molar-refractivity contribution in [2.75, 3.05) is 30.3 Å². The van der Waals surface area contributed by atoms with Gasteiger partial charge in [-0.2, -0.15) is 0 Å². The Labute approximate surface area is 228 Å². The number of anilines is 2. The lowest BCUT2D eigenvalue weighted by molar-refractivity contribution is -0.118. The minimum atomic E-state index is -0.216. The number of aryl methyl sites for hydroxylation is 2. The van der Waals surface area contributed by atoms with Gasteiger partial charge in [-0.25, -0.2) is 0 Å². The monoisotopic (exact) mass is 533 g/mol. The van der Waals surface area contributed by atoms with Gasteiger partial charge in [-0.1, -0.05) is 35.9 Å². The molecule has 3 aromatic rings. The zero-order chi connectivity index (χ0) is 27.2. The van der Waals surface area contributed by atoms with E-state index in [2.05, 4.69) is 10.6 Å². The van der Waals surface area contributed by atoms with Gasteiger partial charge in [0.05, 0.1) is 10.6 Å². The van der Waals surface area contributed by atoms with Crippen LogP contribution in [-0.4, -0.2) is 42.3 Å². The van der Waals surface area contributed by atoms with Gasteiger partial charge in [0, 0.05) is 31.4 Å². The fourth-order valence-corrected chi connectivity index (χ4v) is 4.80. The van der Waals surface area contributed by atoms with Crippen molar-refractivity contribution in [3.05, 3.63) is 87.9 Å². The Bertz CT molecular complexity index is 1330. The topological polar surface area (TPSA) is 87.7 Å². The van der Waals surface area contributed by atoms with Gasteiger partial charge in [-0.3, -0.25) is 14.4 Å². The Hall–Kier alpha value is -3.84. The fourth-order valence-electron chi connectivity index (χ4n) is 4.60. The van der Waals surface area contributed by atoms with Gasteiger partial charge < -0.3 is 20.3 Å². The van der Waals surface area contributed by atoms with Gasteiger partial charge in [0.1, 0.15) is 5.75 Å². The first-order valence-corrected chi connectivity index (χ1v) is 13.0. The van der Waals surface area contributed by atoms with Crippen LogP contribution >= 0.6 is 11.6 Å². The smallest absolute Gasteiger partial charge is 0.262 e. The summed E-state index contributed by atoms with van der Waals surface area (Å²) in [5.74, 6) is 0.469. The summed E-state index contributed by atoms with van der Waals surface area (Å²) in [6.07, 6.45) is 1.65. The van der Waals surface area contributed by atoms with Gasteiger partial charge in [0.25, 0.3) is 11.8 Å². The molecule has 7 nitrogen and oxygen atoms in total. The van der Waals surface area contributed by atoms with Crippen LogP contribution in [-0.2, 0) is 9.59 Å². The van der Waals surface area contributed by atoms with Crippen LogP contribution in [0.1, 0.15) is 52.7 Å². The number of amides is 3. The highest BCUT2D eigenvalue weighted by Gasteiger charge is 2.26. The maximum absolute atomic E-state index is 13.1. The number of hydrogen-bond donors (Lipinski definition) is 2. The second kappa shape index (κ2) is 12.1. The molecule has 0 unspecified atom stereocenters. The summed E-state index contributed by atoms with van der Waals surface area (Å²) >= 11 is 6.29. The molecule has 0 spiro atoms. The zero-order valence-electron chi connectivity index (χ0n) is 21.8. The first-order valence-electron chi connectivity index (χ1n) is 12.7. The molecule has 8 heteroatoms. The van der Waals surface area contributed by atoms with Crippen molar-refractivity contribution in [1.29, 1.82) is 0 Å². The molecule has 0 bridgehead atoms. The number of nitrogens with zero attached hydrogens (tertiary/aromatic N) is 1. The maximum atomic E-state index is 13.1. The number of rotatable bonds is 7. The highest BCUT2D eigenvalue weighted by molar-refractivity contribution is 6.34. The molecule has 38 heavy (non-hydrogen) atoms. The number of benzene rings is 3. The second-order valence-electron chi connectivity index (χ2n) is 9.67. The molecular weight excluding hydrogens is 502 g/mol. The lowest BCUT2D eigenvalue weighted by atomic mass is 9.89. The summed E-state index contributed by atoms with van der Waals surface area (Å²) < 4.78 is 5.69. The van der Waals surface area contributed by atoms with Crippen molar-refractivity contribution in [3.63, 3.8) is 0 Å². The first kappa shape index (κ1) is 27.2. The highest BCUT2D eigenvalue weighted by Crippen LogP contribution is 2.31. The number of hydrogen-bond acceptors (Lipinski definition) is 4. The molecular formula is C30H32ClN3O4. The zero-order valence-corrected chi connectivity index (χ0v) is 22.6. The lowest BCUT2D eigenvalue weighted by Crippen LogP contribution is -2.38. The quantitative estimate of drug-likeness (QED) is 0.392. The number of carbonyl (C=O) groups excluding carboxylic acids is 3. The Kier molecular flexibility index (Phi) is 8.69. The molecule has 0 radical (unpaired) electrons. The Morgan fingerprint density at radius 3 is 2.29 bits per heavy atom. The summed E-state index contributed by atoms with van der Waals surface area (Å²) in [7, 11) is 0. The molecule has 1 saturated heterocycles. The summed E-state index contributed by atoms with van der Waals surface area (Å²) in [4.78, 5) is 38.7. The van der Waals surface area contributed by atoms with Crippen LogP contribution < -0.4 is 15.4 Å². The van der Waals surface area contributed by atoms with Gasteiger partial charge in [0.2, 0.25) is 5.91 Å². The Morgan fingerprint density at radius 2 is 1.61 bits per heavy atom. The van der Waals surface area contributed by atoms with Crippen molar-refractivity contribution in [2.24, 2.45) is 0 Å². The van der Waals surface area contributed by atoms with Crippen LogP contribution in [0.4, 0.5) is 11.4 Å². The summed E-state index contributed by atoms with van der Waals surface area (Å²) in [6.45, 7) is 6.52. The molecule has 2 N–H and O–H groups in total. The molecule has 0 saturated carbocycles. The van der Waals surface area contributed by atoms with E-state index in [0.29, 0.717) is 46.7 Å². The number of halogens is 1. The third-order valence-corrected chi connectivity index (χ3v) is 7.00. The largest absolute Gasteiger partial charge is 0.483 e. The molecule has 198 valence electrons. The van der Waals surface area contributed by atoms with Crippen LogP contribution in [0.3, 0.4) is 0 Å². The van der Waals surface area contributed by atoms with E-state index in [4.69, 9.17) is 16.3 Å². The molecule has 1 aliphatic rings. The van der Waals surface area contributed by atoms with E-state index < -0.39 is 0 Å². The number of likely N-dealkylation sites (tertiary alicyclic amines) is 1. The lowest BCUT2D eigenvalue weighted by Gasteiger charge is -2.32. The number of nitrogens with one attached hydrogen (secondary N) is 2. The molecule has 0 atom stereocenters. The third-order valence-electron chi connectivity index (χ3n) is 6.67. The van der Waals surface area contributed by atoms with Crippen LogP contribution in [0.25, 0.3) is 0 Å². The minimum absolute atomic E-state index is 0.0593. The SMILES string of the molecule is CC(=O)Nc1ccc(Cl)c(C(=O)N2CCC(c3ccc(NC(=O)COc4cc(C)ccc4C)cc3)CC2)c1. The van der Waals surface area contributed by atoms with E-state index in [1.54, 1.807) is 23.1 Å². The van der Waals surface area contributed by atoms with Gasteiger partial charge in [-0.15, -0.1) is 0 Å². The first-order chi connectivity index (χ1) is 18.2. The minimum Gasteiger partial charge on any atom is -0.483 e. The number of piperidine rings is 1. The molecule has 0 aliphatic carbocycles. The average molecular weight is 534 g/mol. The number of ether oxygens (including phenoxy) is 1. The van der Waals surface area contributed by atoms with E-state index in [9.17, 15) is 14.4 Å². The van der Waals surface area contributed by atoms with Gasteiger partial charge in [-0.05, 0) is 85.7 Å². The third kappa shape index (κ3) is 6.92. The molecule has 1 aliphatic heterocycles.